The fourth-order valence-corrected chi connectivity index (χ4v) is 4.16. The molecule has 27 heavy (non-hydrogen) atoms. The van der Waals surface area contributed by atoms with Crippen LogP contribution in [0.3, 0.4) is 0 Å². The molecule has 2 aromatic carbocycles. The molecule has 4 rings (SSSR count). The molecule has 1 N–H and O–H groups in total. The minimum absolute atomic E-state index is 0.0569. The lowest BCUT2D eigenvalue weighted by molar-refractivity contribution is 0.174. The summed E-state index contributed by atoms with van der Waals surface area (Å²) in [5, 5.41) is 15.4. The van der Waals surface area contributed by atoms with Crippen LogP contribution in [0.2, 0.25) is 5.02 Å². The van der Waals surface area contributed by atoms with Gasteiger partial charge in [-0.05, 0) is 18.2 Å². The number of aliphatic hydroxyl groups is 1. The van der Waals surface area contributed by atoms with Crippen molar-refractivity contribution in [3.8, 4) is 11.5 Å². The minimum atomic E-state index is -3.79. The average molecular weight is 408 g/mol. The Kier molecular flexibility index (Phi) is 4.50. The normalized spacial score (nSPS) is 16.4. The lowest BCUT2D eigenvalue weighted by atomic mass is 10.2. The van der Waals surface area contributed by atoms with Crippen LogP contribution in [0, 0.1) is 0 Å². The van der Waals surface area contributed by atoms with Gasteiger partial charge in [0.2, 0.25) is 6.79 Å². The van der Waals surface area contributed by atoms with E-state index in [9.17, 15) is 13.5 Å². The third-order valence-electron chi connectivity index (χ3n) is 4.00. The topological polar surface area (TPSA) is 101 Å². The van der Waals surface area contributed by atoms with Crippen LogP contribution in [0.1, 0.15) is 11.1 Å². The van der Waals surface area contributed by atoms with Gasteiger partial charge in [0.05, 0.1) is 24.4 Å². The van der Waals surface area contributed by atoms with Gasteiger partial charge in [-0.3, -0.25) is 0 Å². The predicted molar refractivity (Wildman–Crippen MR) is 99.1 cm³/mol. The maximum absolute atomic E-state index is 12.2. The van der Waals surface area contributed by atoms with E-state index in [0.29, 0.717) is 27.6 Å². The first-order chi connectivity index (χ1) is 13.0. The number of hydrogen-bond acceptors (Lipinski definition) is 7. The van der Waals surface area contributed by atoms with Crippen molar-refractivity contribution < 1.29 is 23.0 Å². The summed E-state index contributed by atoms with van der Waals surface area (Å²) in [6.07, 6.45) is 1.45. The van der Waals surface area contributed by atoms with Gasteiger partial charge < -0.3 is 14.6 Å². The first-order valence-electron chi connectivity index (χ1n) is 7.95. The second kappa shape index (κ2) is 6.84. The Morgan fingerprint density at radius 2 is 2.00 bits per heavy atom. The molecule has 8 nitrogen and oxygen atoms in total. The molecule has 2 heterocycles. The highest BCUT2D eigenvalue weighted by atomic mass is 35.5. The van der Waals surface area contributed by atoms with E-state index < -0.39 is 10.0 Å². The number of nitrogens with zero attached hydrogens (tertiary/aromatic N) is 3. The van der Waals surface area contributed by atoms with Crippen LogP contribution in [0.5, 0.6) is 11.5 Å². The van der Waals surface area contributed by atoms with Crippen molar-refractivity contribution in [1.82, 2.24) is 5.01 Å². The van der Waals surface area contributed by atoms with Crippen molar-refractivity contribution in [2.75, 3.05) is 19.9 Å². The summed E-state index contributed by atoms with van der Waals surface area (Å²) < 4.78 is 38.9. The number of halogens is 1. The van der Waals surface area contributed by atoms with E-state index in [0.717, 1.165) is 0 Å². The number of hydrazone groups is 1. The molecule has 0 saturated carbocycles. The van der Waals surface area contributed by atoms with Crippen LogP contribution >= 0.6 is 11.6 Å². The number of aliphatic hydroxyl groups excluding tert-OH is 1. The highest BCUT2D eigenvalue weighted by Crippen LogP contribution is 2.36. The third-order valence-corrected chi connectivity index (χ3v) is 5.65. The quantitative estimate of drug-likeness (QED) is 0.613. The Labute approximate surface area is 160 Å². The number of amidine groups is 1. The zero-order valence-electron chi connectivity index (χ0n) is 13.9. The third kappa shape index (κ3) is 3.25. The molecule has 140 valence electrons. The van der Waals surface area contributed by atoms with Gasteiger partial charge in [0.1, 0.15) is 4.90 Å². The van der Waals surface area contributed by atoms with E-state index in [4.69, 9.17) is 21.1 Å². The van der Waals surface area contributed by atoms with Gasteiger partial charge in [-0.15, -0.1) is 4.40 Å². The number of benzene rings is 2. The summed E-state index contributed by atoms with van der Waals surface area (Å²) in [6, 6.07) is 9.76. The molecule has 2 aromatic rings. The molecule has 0 atom stereocenters. The molecular weight excluding hydrogens is 394 g/mol. The molecule has 0 saturated heterocycles. The van der Waals surface area contributed by atoms with Crippen LogP contribution in [0.25, 0.3) is 0 Å². The average Bonchev–Trinajstić information content (AvgIpc) is 3.20. The zero-order chi connectivity index (χ0) is 19.0. The van der Waals surface area contributed by atoms with Crippen LogP contribution in [0.15, 0.2) is 50.8 Å². The number of hydrogen-bond donors (Lipinski definition) is 1. The van der Waals surface area contributed by atoms with Gasteiger partial charge in [0, 0.05) is 17.2 Å². The van der Waals surface area contributed by atoms with Crippen molar-refractivity contribution in [3.05, 3.63) is 52.5 Å². The molecule has 0 radical (unpaired) electrons. The maximum atomic E-state index is 12.2. The minimum Gasteiger partial charge on any atom is -0.454 e. The molecule has 0 unspecified atom stereocenters. The van der Waals surface area contributed by atoms with Gasteiger partial charge in [0.25, 0.3) is 10.0 Å². The van der Waals surface area contributed by atoms with E-state index in [-0.39, 0.29) is 30.7 Å². The van der Waals surface area contributed by atoms with Crippen molar-refractivity contribution in [2.24, 2.45) is 9.50 Å². The van der Waals surface area contributed by atoms with E-state index in [1.807, 2.05) is 0 Å². The number of sulfonamides is 1. The molecule has 0 fully saturated rings. The first kappa shape index (κ1) is 17.8. The standard InChI is InChI=1S/C17H14ClN3O5S/c18-13-8-15-14(25-10-26-15)7-11(13)9-19-21(5-6-22)17-12-3-1-2-4-16(12)27(23,24)20-17/h1-4,7-9,22H,5-6,10H2. The van der Waals surface area contributed by atoms with Crippen LogP contribution in [-0.4, -0.2) is 50.5 Å². The van der Waals surface area contributed by atoms with Gasteiger partial charge in [0.15, 0.2) is 17.3 Å². The van der Waals surface area contributed by atoms with Gasteiger partial charge in [-0.1, -0.05) is 23.7 Å². The molecule has 2 aliphatic rings. The number of fused-ring (bicyclic) bond motifs is 2. The van der Waals surface area contributed by atoms with Crippen LogP contribution in [0.4, 0.5) is 0 Å². The SMILES string of the molecule is O=S1(=O)N=C(N(CCO)N=Cc2cc3c(cc2Cl)OCO3)c2ccccc21. The van der Waals surface area contributed by atoms with Crippen molar-refractivity contribution in [1.29, 1.82) is 0 Å². The Hall–Kier alpha value is -2.62. The summed E-state index contributed by atoms with van der Waals surface area (Å²) in [5.41, 5.74) is 0.985. The van der Waals surface area contributed by atoms with E-state index in [1.165, 1.54) is 17.3 Å². The van der Waals surface area contributed by atoms with Gasteiger partial charge in [-0.25, -0.2) is 5.01 Å². The predicted octanol–water partition coefficient (Wildman–Crippen LogP) is 1.85. The molecule has 0 spiro atoms. The van der Waals surface area contributed by atoms with Crippen molar-refractivity contribution >= 4 is 33.7 Å². The second-order valence-electron chi connectivity index (χ2n) is 5.70. The largest absolute Gasteiger partial charge is 0.454 e. The zero-order valence-corrected chi connectivity index (χ0v) is 15.4. The Morgan fingerprint density at radius 3 is 2.78 bits per heavy atom. The lowest BCUT2D eigenvalue weighted by Crippen LogP contribution is -2.28. The number of ether oxygens (including phenoxy) is 2. The van der Waals surface area contributed by atoms with Crippen LogP contribution < -0.4 is 9.47 Å². The maximum Gasteiger partial charge on any atom is 0.285 e. The fraction of sp³-hybridized carbons (Fsp3) is 0.176. The van der Waals surface area contributed by atoms with Crippen LogP contribution in [-0.2, 0) is 10.0 Å². The molecule has 10 heteroatoms. The van der Waals surface area contributed by atoms with Crippen molar-refractivity contribution in [3.63, 3.8) is 0 Å². The van der Waals surface area contributed by atoms with E-state index >= 15 is 0 Å². The first-order valence-corrected chi connectivity index (χ1v) is 9.77. The Balaban J connectivity index is 1.70. The highest BCUT2D eigenvalue weighted by Gasteiger charge is 2.31. The lowest BCUT2D eigenvalue weighted by Gasteiger charge is -2.17. The molecular formula is C17H14ClN3O5S. The van der Waals surface area contributed by atoms with Crippen molar-refractivity contribution in [2.45, 2.75) is 4.90 Å². The van der Waals surface area contributed by atoms with E-state index in [2.05, 4.69) is 9.50 Å². The Bertz CT molecular complexity index is 1070. The fourth-order valence-electron chi connectivity index (χ4n) is 2.75. The summed E-state index contributed by atoms with van der Waals surface area (Å²) >= 11 is 6.23. The summed E-state index contributed by atoms with van der Waals surface area (Å²) in [4.78, 5) is 0.110. The molecule has 0 aliphatic carbocycles. The van der Waals surface area contributed by atoms with E-state index in [1.54, 1.807) is 30.3 Å². The highest BCUT2D eigenvalue weighted by molar-refractivity contribution is 7.90. The number of rotatable bonds is 4. The summed E-state index contributed by atoms with van der Waals surface area (Å²) in [6.45, 7) is -0.0663. The molecule has 0 amide bonds. The Morgan fingerprint density at radius 1 is 1.26 bits per heavy atom. The smallest absolute Gasteiger partial charge is 0.285 e. The molecule has 0 aromatic heterocycles. The van der Waals surface area contributed by atoms with Gasteiger partial charge in [-0.2, -0.15) is 13.5 Å². The monoisotopic (exact) mass is 407 g/mol. The molecule has 0 bridgehead atoms. The van der Waals surface area contributed by atoms with Gasteiger partial charge >= 0.3 is 0 Å². The molecule has 2 aliphatic heterocycles. The second-order valence-corrected chi connectivity index (χ2v) is 7.68. The summed E-state index contributed by atoms with van der Waals surface area (Å²) in [5.74, 6) is 1.23. The summed E-state index contributed by atoms with van der Waals surface area (Å²) in [7, 11) is -3.79.